The van der Waals surface area contributed by atoms with E-state index in [1.54, 1.807) is 7.05 Å². The summed E-state index contributed by atoms with van der Waals surface area (Å²) in [7, 11) is 3.04. The number of nitrogens with one attached hydrogen (secondary N) is 3. The van der Waals surface area contributed by atoms with Crippen LogP contribution in [0.5, 0.6) is 0 Å². The van der Waals surface area contributed by atoms with Crippen LogP contribution in [0.4, 0.5) is 18.9 Å². The number of hydrogen-bond donors (Lipinski definition) is 3. The van der Waals surface area contributed by atoms with Gasteiger partial charge in [0.2, 0.25) is 11.8 Å². The Morgan fingerprint density at radius 2 is 2.07 bits per heavy atom. The summed E-state index contributed by atoms with van der Waals surface area (Å²) < 4.78 is 41.6. The highest BCUT2D eigenvalue weighted by Crippen LogP contribution is 2.36. The molecule has 1 aromatic carbocycles. The molecule has 0 spiro atoms. The molecule has 1 saturated heterocycles. The molecule has 6 nitrogen and oxygen atoms in total. The smallest absolute Gasteiger partial charge is 0.275 e. The predicted octanol–water partition coefficient (Wildman–Crippen LogP) is 2.90. The van der Waals surface area contributed by atoms with Gasteiger partial charge in [-0.3, -0.25) is 15.0 Å². The van der Waals surface area contributed by atoms with Gasteiger partial charge in [-0.25, -0.2) is 13.2 Å². The molecule has 0 radical (unpaired) electrons. The summed E-state index contributed by atoms with van der Waals surface area (Å²) in [6.07, 6.45) is 1.27. The number of halogens is 4. The molecule has 1 aliphatic rings. The fraction of sp³-hybridized carbons (Fsp3) is 0.389. The number of nitrogens with zero attached hydrogens (tertiary/aromatic N) is 1. The van der Waals surface area contributed by atoms with Gasteiger partial charge in [-0.2, -0.15) is 0 Å². The molecule has 0 unspecified atom stereocenters. The van der Waals surface area contributed by atoms with Gasteiger partial charge < -0.3 is 15.5 Å². The quantitative estimate of drug-likeness (QED) is 0.492. The van der Waals surface area contributed by atoms with Crippen molar-refractivity contribution in [3.63, 3.8) is 0 Å². The number of amides is 2. The zero-order valence-electron chi connectivity index (χ0n) is 15.4. The van der Waals surface area contributed by atoms with Crippen molar-refractivity contribution in [1.82, 2.24) is 10.2 Å². The second-order valence-corrected chi connectivity index (χ2v) is 6.95. The fourth-order valence-electron chi connectivity index (χ4n) is 3.26. The van der Waals surface area contributed by atoms with Crippen molar-refractivity contribution in [2.24, 2.45) is 11.8 Å². The summed E-state index contributed by atoms with van der Waals surface area (Å²) in [5.41, 5.74) is -0.984. The van der Waals surface area contributed by atoms with Crippen LogP contribution in [0.25, 0.3) is 0 Å². The Balaban J connectivity index is 2.41. The molecule has 0 aliphatic carbocycles. The van der Waals surface area contributed by atoms with Crippen LogP contribution in [-0.4, -0.2) is 42.5 Å². The molecule has 3 N–H and O–H groups in total. The standard InChI is InChI=1S/C18H20ClF3N4O2/c1-18(21,22)15-10(20)5-4-6-11(15)25-16(27)14-9(8-26(3)17(14)28)12(24-2)7-13(19)23/h4-7,9,14,23-24H,8H2,1-3H3,(H,25,27)/b12-7-,23-13?/t9-,14+/m1/s1. The summed E-state index contributed by atoms with van der Waals surface area (Å²) >= 11 is 5.59. The van der Waals surface area contributed by atoms with Crippen LogP contribution >= 0.6 is 11.6 Å². The maximum Gasteiger partial charge on any atom is 0.275 e. The molecule has 28 heavy (non-hydrogen) atoms. The first kappa shape index (κ1) is 21.7. The summed E-state index contributed by atoms with van der Waals surface area (Å²) in [6, 6.07) is 3.21. The van der Waals surface area contributed by atoms with E-state index in [4.69, 9.17) is 17.0 Å². The lowest BCUT2D eigenvalue weighted by Crippen LogP contribution is -2.36. The minimum atomic E-state index is -3.53. The zero-order valence-corrected chi connectivity index (χ0v) is 16.2. The van der Waals surface area contributed by atoms with Gasteiger partial charge in [-0.05, 0) is 18.2 Å². The van der Waals surface area contributed by atoms with Crippen molar-refractivity contribution in [3.8, 4) is 0 Å². The Morgan fingerprint density at radius 1 is 1.43 bits per heavy atom. The van der Waals surface area contributed by atoms with Crippen LogP contribution in [0.3, 0.4) is 0 Å². The Hall–Kier alpha value is -2.55. The molecule has 2 amide bonds. The number of allylic oxidation sites excluding steroid dienone is 1. The van der Waals surface area contributed by atoms with E-state index in [0.717, 1.165) is 12.1 Å². The van der Waals surface area contributed by atoms with Crippen LogP contribution in [0.2, 0.25) is 0 Å². The number of rotatable bonds is 6. The van der Waals surface area contributed by atoms with E-state index in [1.807, 2.05) is 0 Å². The van der Waals surface area contributed by atoms with Crippen molar-refractivity contribution in [2.45, 2.75) is 12.8 Å². The molecule has 2 rings (SSSR count). The minimum absolute atomic E-state index is 0.160. The summed E-state index contributed by atoms with van der Waals surface area (Å²) in [4.78, 5) is 26.6. The molecule has 1 aromatic rings. The molecule has 0 aromatic heterocycles. The zero-order chi connectivity index (χ0) is 21.2. The Bertz CT molecular complexity index is 839. The number of benzene rings is 1. The third-order valence-corrected chi connectivity index (χ3v) is 4.59. The average Bonchev–Trinajstić information content (AvgIpc) is 2.86. The monoisotopic (exact) mass is 416 g/mol. The summed E-state index contributed by atoms with van der Waals surface area (Å²) in [5, 5.41) is 12.2. The highest BCUT2D eigenvalue weighted by Gasteiger charge is 2.45. The van der Waals surface area contributed by atoms with Crippen LogP contribution < -0.4 is 10.6 Å². The van der Waals surface area contributed by atoms with Crippen molar-refractivity contribution >= 4 is 34.3 Å². The molecule has 1 aliphatic heterocycles. The normalized spacial score (nSPS) is 20.3. The van der Waals surface area contributed by atoms with E-state index in [1.165, 1.54) is 24.1 Å². The lowest BCUT2D eigenvalue weighted by atomic mass is 9.90. The molecule has 10 heteroatoms. The second kappa shape index (κ2) is 8.22. The number of carbonyl (C=O) groups excluding carboxylic acids is 2. The van der Waals surface area contributed by atoms with E-state index in [9.17, 15) is 22.8 Å². The van der Waals surface area contributed by atoms with Gasteiger partial charge >= 0.3 is 0 Å². The maximum absolute atomic E-state index is 14.0. The maximum atomic E-state index is 14.0. The van der Waals surface area contributed by atoms with E-state index < -0.39 is 46.6 Å². The average molecular weight is 417 g/mol. The third-order valence-electron chi connectivity index (χ3n) is 4.48. The van der Waals surface area contributed by atoms with Crippen molar-refractivity contribution in [2.75, 3.05) is 26.0 Å². The third kappa shape index (κ3) is 4.46. The topological polar surface area (TPSA) is 85.3 Å². The van der Waals surface area contributed by atoms with Crippen molar-refractivity contribution in [1.29, 1.82) is 5.41 Å². The van der Waals surface area contributed by atoms with Crippen LogP contribution in [0.15, 0.2) is 30.0 Å². The Morgan fingerprint density at radius 3 is 2.61 bits per heavy atom. The minimum Gasteiger partial charge on any atom is -0.391 e. The fourth-order valence-corrected chi connectivity index (χ4v) is 3.38. The molecule has 0 saturated carbocycles. The van der Waals surface area contributed by atoms with E-state index in [0.29, 0.717) is 12.6 Å². The molecular formula is C18H20ClF3N4O2. The van der Waals surface area contributed by atoms with Crippen LogP contribution in [0, 0.1) is 23.1 Å². The second-order valence-electron chi connectivity index (χ2n) is 6.54. The molecule has 1 fully saturated rings. The van der Waals surface area contributed by atoms with Gasteiger partial charge in [-0.15, -0.1) is 0 Å². The Labute approximate surface area is 165 Å². The molecular weight excluding hydrogens is 397 g/mol. The summed E-state index contributed by atoms with van der Waals surface area (Å²) in [5.74, 6) is -8.00. The van der Waals surface area contributed by atoms with Crippen molar-refractivity contribution < 1.29 is 22.8 Å². The van der Waals surface area contributed by atoms with Gasteiger partial charge in [0.1, 0.15) is 16.9 Å². The Kier molecular flexibility index (Phi) is 6.38. The van der Waals surface area contributed by atoms with Gasteiger partial charge in [0.05, 0.1) is 11.3 Å². The molecule has 1 heterocycles. The van der Waals surface area contributed by atoms with E-state index in [2.05, 4.69) is 10.6 Å². The van der Waals surface area contributed by atoms with Gasteiger partial charge in [0, 0.05) is 39.2 Å². The highest BCUT2D eigenvalue weighted by atomic mass is 35.5. The van der Waals surface area contributed by atoms with Crippen molar-refractivity contribution in [3.05, 3.63) is 41.4 Å². The van der Waals surface area contributed by atoms with Gasteiger partial charge in [0.25, 0.3) is 5.92 Å². The van der Waals surface area contributed by atoms with E-state index >= 15 is 0 Å². The SMILES string of the molecule is CN/C(=C\C(=N)Cl)[C@H]1CN(C)C(=O)[C@@H]1C(=O)Nc1cccc(F)c1C(C)(F)F. The molecule has 152 valence electrons. The highest BCUT2D eigenvalue weighted by molar-refractivity contribution is 6.67. The predicted molar refractivity (Wildman–Crippen MR) is 99.9 cm³/mol. The lowest BCUT2D eigenvalue weighted by molar-refractivity contribution is -0.135. The van der Waals surface area contributed by atoms with Gasteiger partial charge in [-0.1, -0.05) is 17.7 Å². The van der Waals surface area contributed by atoms with Crippen LogP contribution in [0.1, 0.15) is 12.5 Å². The number of likely N-dealkylation sites (tertiary alicyclic amines) is 1. The number of hydrogen-bond acceptors (Lipinski definition) is 4. The van der Waals surface area contributed by atoms with E-state index in [-0.39, 0.29) is 11.7 Å². The van der Waals surface area contributed by atoms with Gasteiger partial charge in [0.15, 0.2) is 0 Å². The number of alkyl halides is 2. The molecule has 0 bridgehead atoms. The van der Waals surface area contributed by atoms with Crippen LogP contribution in [-0.2, 0) is 15.5 Å². The lowest BCUT2D eigenvalue weighted by Gasteiger charge is -2.21. The summed E-state index contributed by atoms with van der Waals surface area (Å²) in [6.45, 7) is 0.681. The first-order chi connectivity index (χ1) is 13.0. The number of carbonyl (C=O) groups is 2. The first-order valence-corrected chi connectivity index (χ1v) is 8.71. The first-order valence-electron chi connectivity index (χ1n) is 8.33. The number of anilines is 1. The molecule has 2 atom stereocenters. The largest absolute Gasteiger partial charge is 0.391 e.